The Balaban J connectivity index is 1.90. The van der Waals surface area contributed by atoms with Crippen molar-refractivity contribution in [1.82, 2.24) is 5.32 Å². The van der Waals surface area contributed by atoms with E-state index in [4.69, 9.17) is 16.3 Å². The van der Waals surface area contributed by atoms with Crippen molar-refractivity contribution in [2.75, 3.05) is 17.7 Å². The van der Waals surface area contributed by atoms with Crippen LogP contribution < -0.4 is 10.6 Å². The van der Waals surface area contributed by atoms with Crippen LogP contribution in [0.3, 0.4) is 0 Å². The lowest BCUT2D eigenvalue weighted by Gasteiger charge is -2.29. The summed E-state index contributed by atoms with van der Waals surface area (Å²) >= 11 is 7.65. The van der Waals surface area contributed by atoms with Crippen molar-refractivity contribution in [3.63, 3.8) is 0 Å². The Kier molecular flexibility index (Phi) is 8.21. The fraction of sp³-hybridized carbons (Fsp3) is 0.240. The number of dihydropyridines is 1. The molecule has 0 saturated heterocycles. The fourth-order valence-corrected chi connectivity index (χ4v) is 4.63. The Labute approximate surface area is 202 Å². The van der Waals surface area contributed by atoms with Crippen LogP contribution in [0.15, 0.2) is 70.4 Å². The number of nitrogens with zero attached hydrogens (tertiary/aromatic N) is 1. The van der Waals surface area contributed by atoms with Crippen LogP contribution in [0, 0.1) is 18.3 Å². The highest BCUT2D eigenvalue weighted by Gasteiger charge is 2.36. The second kappa shape index (κ2) is 11.1. The predicted molar refractivity (Wildman–Crippen MR) is 132 cm³/mol. The summed E-state index contributed by atoms with van der Waals surface area (Å²) in [5, 5.41) is 17.0. The zero-order chi connectivity index (χ0) is 24.0. The van der Waals surface area contributed by atoms with Gasteiger partial charge in [-0.05, 0) is 44.5 Å². The number of rotatable bonds is 7. The monoisotopic (exact) mass is 481 g/mol. The third-order valence-electron chi connectivity index (χ3n) is 5.04. The molecule has 0 aliphatic carbocycles. The summed E-state index contributed by atoms with van der Waals surface area (Å²) in [5.41, 5.74) is 3.62. The number of aryl methyl sites for hydroxylation is 1. The zero-order valence-corrected chi connectivity index (χ0v) is 20.1. The minimum Gasteiger partial charge on any atom is -0.463 e. The number of hydrogen-bond donors (Lipinski definition) is 2. The van der Waals surface area contributed by atoms with Crippen LogP contribution in [-0.2, 0) is 14.3 Å². The summed E-state index contributed by atoms with van der Waals surface area (Å²) in [6.45, 7) is 5.65. The quantitative estimate of drug-likeness (QED) is 0.523. The molecule has 1 aliphatic heterocycles. The van der Waals surface area contributed by atoms with Gasteiger partial charge in [0.1, 0.15) is 0 Å². The number of nitrogens with one attached hydrogen (secondary N) is 2. The summed E-state index contributed by atoms with van der Waals surface area (Å²) < 4.78 is 5.26. The Morgan fingerprint density at radius 2 is 1.88 bits per heavy atom. The molecule has 0 radical (unpaired) electrons. The van der Waals surface area contributed by atoms with Gasteiger partial charge in [0.2, 0.25) is 5.91 Å². The van der Waals surface area contributed by atoms with E-state index < -0.39 is 11.9 Å². The molecule has 8 heteroatoms. The smallest absolute Gasteiger partial charge is 0.336 e. The molecule has 0 aromatic heterocycles. The van der Waals surface area contributed by atoms with E-state index in [1.54, 1.807) is 38.1 Å². The molecule has 0 saturated carbocycles. The summed E-state index contributed by atoms with van der Waals surface area (Å²) in [6.07, 6.45) is 0. The first-order chi connectivity index (χ1) is 15.8. The summed E-state index contributed by atoms with van der Waals surface area (Å²) in [7, 11) is 0. The predicted octanol–water partition coefficient (Wildman–Crippen LogP) is 5.28. The van der Waals surface area contributed by atoms with Gasteiger partial charge in [0, 0.05) is 16.4 Å². The summed E-state index contributed by atoms with van der Waals surface area (Å²) in [4.78, 5) is 25.3. The summed E-state index contributed by atoms with van der Waals surface area (Å²) in [6, 6.07) is 16.8. The molecule has 33 heavy (non-hydrogen) atoms. The lowest BCUT2D eigenvalue weighted by Crippen LogP contribution is -2.29. The number of carbonyl (C=O) groups excluding carboxylic acids is 2. The molecule has 2 N–H and O–H groups in total. The standard InChI is InChI=1S/C25H24ClN3O3S/c1-4-32-25(31)22-16(3)28-24(19(13-27)23(22)18-7-5-6-8-20(18)26)33-14-21(30)29-17-11-9-15(2)10-12-17/h5-12,23,28H,4,14H2,1-3H3,(H,29,30). The SMILES string of the molecule is CCOC(=O)C1=C(C)NC(SCC(=O)Nc2ccc(C)cc2)=C(C#N)C1c1ccccc1Cl. The topological polar surface area (TPSA) is 91.2 Å². The molecule has 2 aromatic rings. The number of allylic oxidation sites excluding steroid dienone is 2. The van der Waals surface area contributed by atoms with Crippen LogP contribution in [-0.4, -0.2) is 24.2 Å². The molecular weight excluding hydrogens is 458 g/mol. The zero-order valence-electron chi connectivity index (χ0n) is 18.6. The number of nitriles is 1. The van der Waals surface area contributed by atoms with Crippen LogP contribution in [0.4, 0.5) is 5.69 Å². The highest BCUT2D eigenvalue weighted by atomic mass is 35.5. The number of halogens is 1. The number of amides is 1. The number of anilines is 1. The Bertz CT molecular complexity index is 1170. The molecule has 1 amide bonds. The van der Waals surface area contributed by atoms with Gasteiger partial charge in [-0.2, -0.15) is 5.26 Å². The maximum absolute atomic E-state index is 12.8. The van der Waals surface area contributed by atoms with Crippen LogP contribution in [0.2, 0.25) is 5.02 Å². The molecule has 0 bridgehead atoms. The maximum Gasteiger partial charge on any atom is 0.336 e. The minimum absolute atomic E-state index is 0.0820. The molecular formula is C25H24ClN3O3S. The van der Waals surface area contributed by atoms with Crippen LogP contribution in [0.1, 0.15) is 30.9 Å². The largest absolute Gasteiger partial charge is 0.463 e. The second-order valence-electron chi connectivity index (χ2n) is 7.40. The second-order valence-corrected chi connectivity index (χ2v) is 8.79. The van der Waals surface area contributed by atoms with Crippen LogP contribution in [0.5, 0.6) is 0 Å². The normalized spacial score (nSPS) is 15.5. The molecule has 1 unspecified atom stereocenters. The summed E-state index contributed by atoms with van der Waals surface area (Å²) in [5.74, 6) is -1.34. The number of ether oxygens (including phenoxy) is 1. The van der Waals surface area contributed by atoms with Crippen molar-refractivity contribution < 1.29 is 14.3 Å². The number of hydrogen-bond acceptors (Lipinski definition) is 6. The molecule has 3 rings (SSSR count). The molecule has 1 heterocycles. The Hall–Kier alpha value is -3.21. The van der Waals surface area contributed by atoms with Gasteiger partial charge in [-0.25, -0.2) is 4.79 Å². The van der Waals surface area contributed by atoms with E-state index in [0.717, 1.165) is 5.56 Å². The van der Waals surface area contributed by atoms with E-state index in [2.05, 4.69) is 16.7 Å². The number of benzene rings is 2. The van der Waals surface area contributed by atoms with E-state index in [9.17, 15) is 14.9 Å². The number of thioether (sulfide) groups is 1. The van der Waals surface area contributed by atoms with Crippen molar-refractivity contribution in [1.29, 1.82) is 5.26 Å². The first-order valence-corrected chi connectivity index (χ1v) is 11.7. The third kappa shape index (κ3) is 5.78. The van der Waals surface area contributed by atoms with Crippen LogP contribution in [0.25, 0.3) is 0 Å². The van der Waals surface area contributed by atoms with Crippen molar-refractivity contribution >= 4 is 40.9 Å². The van der Waals surface area contributed by atoms with Gasteiger partial charge in [0.15, 0.2) is 0 Å². The average molecular weight is 482 g/mol. The lowest BCUT2D eigenvalue weighted by atomic mass is 9.82. The van der Waals surface area contributed by atoms with Crippen molar-refractivity contribution in [3.05, 3.63) is 86.6 Å². The van der Waals surface area contributed by atoms with Gasteiger partial charge < -0.3 is 15.4 Å². The highest BCUT2D eigenvalue weighted by molar-refractivity contribution is 8.03. The molecule has 6 nitrogen and oxygen atoms in total. The van der Waals surface area contributed by atoms with Gasteiger partial charge in [-0.15, -0.1) is 0 Å². The molecule has 0 fully saturated rings. The van der Waals surface area contributed by atoms with E-state index in [-0.39, 0.29) is 18.3 Å². The van der Waals surface area contributed by atoms with Gasteiger partial charge in [-0.1, -0.05) is 59.3 Å². The van der Waals surface area contributed by atoms with Crippen molar-refractivity contribution in [2.45, 2.75) is 26.7 Å². The molecule has 170 valence electrons. The van der Waals surface area contributed by atoms with E-state index in [0.29, 0.717) is 38.1 Å². The van der Waals surface area contributed by atoms with Gasteiger partial charge in [0.05, 0.1) is 40.5 Å². The molecule has 2 aromatic carbocycles. The fourth-order valence-electron chi connectivity index (χ4n) is 3.50. The van der Waals surface area contributed by atoms with Crippen LogP contribution >= 0.6 is 23.4 Å². The lowest BCUT2D eigenvalue weighted by molar-refractivity contribution is -0.138. The minimum atomic E-state index is -0.702. The highest BCUT2D eigenvalue weighted by Crippen LogP contribution is 2.43. The third-order valence-corrected chi connectivity index (χ3v) is 6.40. The first-order valence-electron chi connectivity index (χ1n) is 10.4. The molecule has 1 aliphatic rings. The Morgan fingerprint density at radius 1 is 1.18 bits per heavy atom. The number of esters is 1. The van der Waals surface area contributed by atoms with Crippen molar-refractivity contribution in [3.8, 4) is 6.07 Å². The molecule has 0 spiro atoms. The van der Waals surface area contributed by atoms with Gasteiger partial charge >= 0.3 is 5.97 Å². The van der Waals surface area contributed by atoms with Gasteiger partial charge in [-0.3, -0.25) is 4.79 Å². The number of carbonyl (C=O) groups is 2. The van der Waals surface area contributed by atoms with E-state index in [1.165, 1.54) is 11.8 Å². The van der Waals surface area contributed by atoms with E-state index >= 15 is 0 Å². The Morgan fingerprint density at radius 3 is 2.52 bits per heavy atom. The first kappa shape index (κ1) is 24.4. The maximum atomic E-state index is 12.8. The van der Waals surface area contributed by atoms with Gasteiger partial charge in [0.25, 0.3) is 0 Å². The van der Waals surface area contributed by atoms with Crippen molar-refractivity contribution in [2.24, 2.45) is 0 Å². The molecule has 1 atom stereocenters. The average Bonchev–Trinajstić information content (AvgIpc) is 2.79. The van der Waals surface area contributed by atoms with E-state index in [1.807, 2.05) is 31.2 Å².